The monoisotopic (exact) mass is 495 g/mol. The summed E-state index contributed by atoms with van der Waals surface area (Å²) in [6.07, 6.45) is 8.80. The van der Waals surface area contributed by atoms with E-state index in [0.717, 1.165) is 30.8 Å². The number of ether oxygens (including phenoxy) is 1. The maximum Gasteiger partial charge on any atom is 0.329 e. The summed E-state index contributed by atoms with van der Waals surface area (Å²) in [7, 11) is 0. The number of amides is 2. The molecule has 1 aromatic rings. The van der Waals surface area contributed by atoms with E-state index in [1.54, 1.807) is 24.3 Å². The zero-order valence-electron chi connectivity index (χ0n) is 21.8. The lowest BCUT2D eigenvalue weighted by atomic mass is 9.52. The van der Waals surface area contributed by atoms with E-state index in [1.165, 1.54) is 38.5 Å². The maximum absolute atomic E-state index is 12.9. The van der Waals surface area contributed by atoms with Crippen LogP contribution in [0.3, 0.4) is 0 Å². The van der Waals surface area contributed by atoms with Gasteiger partial charge in [0.25, 0.3) is 11.8 Å². The van der Waals surface area contributed by atoms with Crippen molar-refractivity contribution in [3.63, 3.8) is 0 Å². The molecule has 4 aliphatic carbocycles. The van der Waals surface area contributed by atoms with Crippen LogP contribution in [0.1, 0.15) is 69.2 Å². The van der Waals surface area contributed by atoms with Gasteiger partial charge in [-0.25, -0.2) is 4.79 Å². The molecule has 4 bridgehead atoms. The Morgan fingerprint density at radius 3 is 2.08 bits per heavy atom. The summed E-state index contributed by atoms with van der Waals surface area (Å²) in [5.41, 5.74) is 0.865. The third kappa shape index (κ3) is 5.46. The van der Waals surface area contributed by atoms with Crippen molar-refractivity contribution in [2.24, 2.45) is 23.7 Å². The zero-order valence-corrected chi connectivity index (χ0v) is 21.8. The molecule has 7 heteroatoms. The first kappa shape index (κ1) is 25.2. The molecule has 0 unspecified atom stereocenters. The van der Waals surface area contributed by atoms with Gasteiger partial charge in [0.05, 0.1) is 0 Å². The molecule has 1 aromatic carbocycles. The van der Waals surface area contributed by atoms with Crippen molar-refractivity contribution in [2.75, 3.05) is 32.8 Å². The van der Waals surface area contributed by atoms with Gasteiger partial charge >= 0.3 is 5.97 Å². The van der Waals surface area contributed by atoms with Gasteiger partial charge in [-0.3, -0.25) is 14.5 Å². The Hall–Kier alpha value is -2.41. The second-order valence-corrected chi connectivity index (χ2v) is 12.1. The van der Waals surface area contributed by atoms with Crippen molar-refractivity contribution in [3.05, 3.63) is 35.9 Å². The van der Waals surface area contributed by atoms with E-state index in [2.05, 4.69) is 10.2 Å². The van der Waals surface area contributed by atoms with Gasteiger partial charge in [0, 0.05) is 37.3 Å². The Labute approximate surface area is 214 Å². The average molecular weight is 496 g/mol. The van der Waals surface area contributed by atoms with E-state index >= 15 is 0 Å². The number of hydrogen-bond donors (Lipinski definition) is 1. The lowest BCUT2D eigenvalue weighted by Crippen LogP contribution is -2.64. The summed E-state index contributed by atoms with van der Waals surface area (Å²) < 4.78 is 5.43. The molecule has 1 N–H and O–H groups in total. The van der Waals surface area contributed by atoms with Gasteiger partial charge in [0.2, 0.25) is 0 Å². The number of carbonyl (C=O) groups is 3. The molecule has 196 valence electrons. The lowest BCUT2D eigenvalue weighted by Gasteiger charge is -2.61. The normalized spacial score (nSPS) is 30.3. The van der Waals surface area contributed by atoms with Crippen LogP contribution in [0, 0.1) is 23.7 Å². The molecule has 5 aliphatic rings. The molecule has 0 aromatic heterocycles. The number of nitrogens with zero attached hydrogens (tertiary/aromatic N) is 2. The average Bonchev–Trinajstić information content (AvgIpc) is 2.86. The van der Waals surface area contributed by atoms with Gasteiger partial charge < -0.3 is 15.0 Å². The number of piperazine rings is 1. The highest BCUT2D eigenvalue weighted by Crippen LogP contribution is 2.57. The van der Waals surface area contributed by atoms with E-state index in [0.29, 0.717) is 30.6 Å². The largest absolute Gasteiger partial charge is 0.454 e. The van der Waals surface area contributed by atoms with Crippen LogP contribution in [0.5, 0.6) is 0 Å². The number of carbonyl (C=O) groups excluding carboxylic acids is 3. The van der Waals surface area contributed by atoms with Gasteiger partial charge in [0.1, 0.15) is 6.04 Å². The standard InChI is InChI=1S/C29H41N3O4/c1-20(2)12-25(30-27(34)24-6-4-3-5-7-24)28(35)36-19-26(33)31-8-10-32(11-9-31)29-16-21-13-22(17-29)15-23(14-21)18-29/h3-7,20-23,25H,8-19H2,1-2H3,(H,30,34)/t21?,22?,23?,25-,29?/m1/s1. The molecule has 0 spiro atoms. The molecular weight excluding hydrogens is 454 g/mol. The third-order valence-corrected chi connectivity index (χ3v) is 8.98. The minimum absolute atomic E-state index is 0.147. The van der Waals surface area contributed by atoms with Gasteiger partial charge in [-0.1, -0.05) is 32.0 Å². The molecule has 7 nitrogen and oxygen atoms in total. The number of esters is 1. The molecule has 5 fully saturated rings. The Balaban J connectivity index is 1.11. The fraction of sp³-hybridized carbons (Fsp3) is 0.690. The molecule has 4 saturated carbocycles. The molecule has 2 amide bonds. The van der Waals surface area contributed by atoms with Crippen molar-refractivity contribution >= 4 is 17.8 Å². The van der Waals surface area contributed by atoms with E-state index < -0.39 is 12.0 Å². The van der Waals surface area contributed by atoms with Crippen LogP contribution >= 0.6 is 0 Å². The topological polar surface area (TPSA) is 78.9 Å². The SMILES string of the molecule is CC(C)C[C@@H](NC(=O)c1ccccc1)C(=O)OCC(=O)N1CCN(C23CC4CC(CC(C4)C2)C3)CC1. The fourth-order valence-electron chi connectivity index (χ4n) is 7.72. The smallest absolute Gasteiger partial charge is 0.329 e. The Morgan fingerprint density at radius 2 is 1.53 bits per heavy atom. The van der Waals surface area contributed by atoms with Crippen LogP contribution in [0.2, 0.25) is 0 Å². The van der Waals surface area contributed by atoms with Crippen LogP contribution in [0.15, 0.2) is 30.3 Å². The highest BCUT2D eigenvalue weighted by atomic mass is 16.5. The molecule has 1 aliphatic heterocycles. The van der Waals surface area contributed by atoms with Gasteiger partial charge in [-0.2, -0.15) is 0 Å². The summed E-state index contributed by atoms with van der Waals surface area (Å²) in [5.74, 6) is 1.92. The first-order chi connectivity index (χ1) is 17.3. The molecular formula is C29H41N3O4. The highest BCUT2D eigenvalue weighted by Gasteiger charge is 2.53. The summed E-state index contributed by atoms with van der Waals surface area (Å²) >= 11 is 0. The number of rotatable bonds is 8. The molecule has 36 heavy (non-hydrogen) atoms. The Morgan fingerprint density at radius 1 is 0.944 bits per heavy atom. The Kier molecular flexibility index (Phi) is 7.38. The quantitative estimate of drug-likeness (QED) is 0.559. The first-order valence-electron chi connectivity index (χ1n) is 13.9. The predicted molar refractivity (Wildman–Crippen MR) is 137 cm³/mol. The third-order valence-electron chi connectivity index (χ3n) is 8.98. The van der Waals surface area contributed by atoms with Gasteiger partial charge in [-0.05, 0) is 80.8 Å². The number of benzene rings is 1. The van der Waals surface area contributed by atoms with Crippen LogP contribution in [-0.4, -0.2) is 72.0 Å². The van der Waals surface area contributed by atoms with E-state index in [9.17, 15) is 14.4 Å². The summed E-state index contributed by atoms with van der Waals surface area (Å²) in [5, 5.41) is 2.79. The summed E-state index contributed by atoms with van der Waals surface area (Å²) in [6.45, 7) is 6.92. The van der Waals surface area contributed by atoms with E-state index in [1.807, 2.05) is 24.8 Å². The lowest BCUT2D eigenvalue weighted by molar-refractivity contribution is -0.156. The van der Waals surface area contributed by atoms with Crippen molar-refractivity contribution in [1.29, 1.82) is 0 Å². The van der Waals surface area contributed by atoms with Gasteiger partial charge in [-0.15, -0.1) is 0 Å². The van der Waals surface area contributed by atoms with E-state index in [4.69, 9.17) is 4.74 Å². The van der Waals surface area contributed by atoms with Crippen LogP contribution in [0.25, 0.3) is 0 Å². The van der Waals surface area contributed by atoms with Crippen molar-refractivity contribution in [3.8, 4) is 0 Å². The second-order valence-electron chi connectivity index (χ2n) is 12.1. The molecule has 0 radical (unpaired) electrons. The summed E-state index contributed by atoms with van der Waals surface area (Å²) in [4.78, 5) is 42.8. The number of hydrogen-bond acceptors (Lipinski definition) is 5. The second kappa shape index (κ2) is 10.5. The molecule has 6 rings (SSSR count). The van der Waals surface area contributed by atoms with Crippen molar-refractivity contribution in [2.45, 2.75) is 70.4 Å². The zero-order chi connectivity index (χ0) is 25.3. The first-order valence-corrected chi connectivity index (χ1v) is 13.9. The minimum atomic E-state index is -0.779. The predicted octanol–water partition coefficient (Wildman–Crippen LogP) is 3.49. The van der Waals surface area contributed by atoms with Crippen molar-refractivity contribution in [1.82, 2.24) is 15.1 Å². The van der Waals surface area contributed by atoms with Crippen LogP contribution in [0.4, 0.5) is 0 Å². The fourth-order valence-corrected chi connectivity index (χ4v) is 7.72. The molecule has 1 saturated heterocycles. The molecule has 1 heterocycles. The number of nitrogens with one attached hydrogen (secondary N) is 1. The van der Waals surface area contributed by atoms with E-state index in [-0.39, 0.29) is 24.3 Å². The minimum Gasteiger partial charge on any atom is -0.454 e. The van der Waals surface area contributed by atoms with Crippen LogP contribution in [-0.2, 0) is 14.3 Å². The van der Waals surface area contributed by atoms with Crippen molar-refractivity contribution < 1.29 is 19.1 Å². The van der Waals surface area contributed by atoms with Gasteiger partial charge in [0.15, 0.2) is 6.61 Å². The Bertz CT molecular complexity index is 919. The summed E-state index contributed by atoms with van der Waals surface area (Å²) in [6, 6.07) is 8.04. The highest BCUT2D eigenvalue weighted by molar-refractivity contribution is 5.97. The maximum atomic E-state index is 12.9. The molecule has 1 atom stereocenters. The van der Waals surface area contributed by atoms with Crippen LogP contribution < -0.4 is 5.32 Å².